The molecule has 4 nitrogen and oxygen atoms in total. The topological polar surface area (TPSA) is 39.9 Å². The first kappa shape index (κ1) is 5.85. The summed E-state index contributed by atoms with van der Waals surface area (Å²) in [6, 6.07) is 0. The van der Waals surface area contributed by atoms with Gasteiger partial charge in [0.1, 0.15) is 12.4 Å². The second kappa shape index (κ2) is 2.05. The van der Waals surface area contributed by atoms with E-state index >= 15 is 0 Å². The normalized spacial score (nSPS) is 24.3. The number of aromatic nitrogens is 3. The highest BCUT2D eigenvalue weighted by atomic mass is 16.5. The molecule has 1 aliphatic heterocycles. The Morgan fingerprint density at radius 2 is 2.70 bits per heavy atom. The molecular formula is C6H9N3O. The zero-order valence-electron chi connectivity index (χ0n) is 5.82. The molecule has 0 amide bonds. The first-order valence-electron chi connectivity index (χ1n) is 3.37. The van der Waals surface area contributed by atoms with E-state index in [2.05, 4.69) is 10.2 Å². The second-order valence-corrected chi connectivity index (χ2v) is 2.40. The van der Waals surface area contributed by atoms with Gasteiger partial charge in [-0.2, -0.15) is 0 Å². The maximum atomic E-state index is 5.34. The number of ether oxygens (including phenoxy) is 1. The average molecular weight is 139 g/mol. The molecule has 10 heavy (non-hydrogen) atoms. The van der Waals surface area contributed by atoms with Crippen LogP contribution in [0.25, 0.3) is 0 Å². The fourth-order valence-electron chi connectivity index (χ4n) is 1.15. The van der Waals surface area contributed by atoms with Gasteiger partial charge in [0.05, 0.1) is 6.61 Å². The Bertz CT molecular complexity index is 233. The molecule has 0 aliphatic carbocycles. The molecule has 0 fully saturated rings. The number of nitrogens with zero attached hydrogens (tertiary/aromatic N) is 3. The van der Waals surface area contributed by atoms with Gasteiger partial charge in [0.25, 0.3) is 0 Å². The van der Waals surface area contributed by atoms with E-state index in [0.29, 0.717) is 0 Å². The maximum Gasteiger partial charge on any atom is 0.161 e. The summed E-state index contributed by atoms with van der Waals surface area (Å²) >= 11 is 0. The van der Waals surface area contributed by atoms with Gasteiger partial charge >= 0.3 is 0 Å². The molecule has 0 bridgehead atoms. The van der Waals surface area contributed by atoms with Crippen LogP contribution in [0, 0.1) is 0 Å². The van der Waals surface area contributed by atoms with Gasteiger partial charge < -0.3 is 9.30 Å². The molecule has 2 heterocycles. The van der Waals surface area contributed by atoms with Crippen molar-refractivity contribution in [3.05, 3.63) is 12.2 Å². The van der Waals surface area contributed by atoms with Gasteiger partial charge in [0.2, 0.25) is 0 Å². The summed E-state index contributed by atoms with van der Waals surface area (Å²) in [5.41, 5.74) is 0. The van der Waals surface area contributed by atoms with Crippen LogP contribution < -0.4 is 0 Å². The molecule has 0 radical (unpaired) electrons. The SMILES string of the molecule is CC1OCCn2cnnc21. The van der Waals surface area contributed by atoms with E-state index in [9.17, 15) is 0 Å². The smallest absolute Gasteiger partial charge is 0.161 e. The maximum absolute atomic E-state index is 5.34. The molecule has 2 rings (SSSR count). The summed E-state index contributed by atoms with van der Waals surface area (Å²) in [6.45, 7) is 3.64. The minimum atomic E-state index is 0.108. The quantitative estimate of drug-likeness (QED) is 0.521. The molecule has 0 spiro atoms. The average Bonchev–Trinajstić information content (AvgIpc) is 2.36. The van der Waals surface area contributed by atoms with E-state index in [1.54, 1.807) is 6.33 Å². The van der Waals surface area contributed by atoms with Crippen LogP contribution in [0.1, 0.15) is 18.9 Å². The molecule has 54 valence electrons. The van der Waals surface area contributed by atoms with Crippen LogP contribution in [0.2, 0.25) is 0 Å². The molecule has 1 aliphatic rings. The van der Waals surface area contributed by atoms with Gasteiger partial charge in [-0.1, -0.05) is 0 Å². The molecule has 1 aromatic heterocycles. The van der Waals surface area contributed by atoms with E-state index in [0.717, 1.165) is 19.0 Å². The van der Waals surface area contributed by atoms with Crippen LogP contribution in [0.15, 0.2) is 6.33 Å². The van der Waals surface area contributed by atoms with Crippen LogP contribution in [-0.4, -0.2) is 21.4 Å². The lowest BCUT2D eigenvalue weighted by atomic mass is 10.3. The Kier molecular flexibility index (Phi) is 1.20. The monoisotopic (exact) mass is 139 g/mol. The highest BCUT2D eigenvalue weighted by Gasteiger charge is 2.17. The molecule has 0 N–H and O–H groups in total. The minimum absolute atomic E-state index is 0.108. The van der Waals surface area contributed by atoms with Crippen molar-refractivity contribution in [2.45, 2.75) is 19.6 Å². The van der Waals surface area contributed by atoms with Gasteiger partial charge in [-0.05, 0) is 6.92 Å². The van der Waals surface area contributed by atoms with Gasteiger partial charge in [0, 0.05) is 6.54 Å². The van der Waals surface area contributed by atoms with Crippen molar-refractivity contribution in [1.29, 1.82) is 0 Å². The van der Waals surface area contributed by atoms with Crippen molar-refractivity contribution < 1.29 is 4.74 Å². The molecule has 4 heteroatoms. The third kappa shape index (κ3) is 0.724. The highest BCUT2D eigenvalue weighted by molar-refractivity contribution is 4.91. The fraction of sp³-hybridized carbons (Fsp3) is 0.667. The Morgan fingerprint density at radius 1 is 1.80 bits per heavy atom. The molecule has 1 aromatic rings. The van der Waals surface area contributed by atoms with Crippen LogP contribution in [-0.2, 0) is 11.3 Å². The van der Waals surface area contributed by atoms with Crippen LogP contribution in [0.3, 0.4) is 0 Å². The van der Waals surface area contributed by atoms with Gasteiger partial charge in [-0.15, -0.1) is 10.2 Å². The van der Waals surface area contributed by atoms with E-state index in [4.69, 9.17) is 4.74 Å². The molecule has 1 unspecified atom stereocenters. The molecular weight excluding hydrogens is 130 g/mol. The first-order chi connectivity index (χ1) is 4.88. The molecule has 1 atom stereocenters. The van der Waals surface area contributed by atoms with Crippen molar-refractivity contribution in [2.24, 2.45) is 0 Å². The lowest BCUT2D eigenvalue weighted by Gasteiger charge is -2.19. The zero-order valence-corrected chi connectivity index (χ0v) is 5.82. The summed E-state index contributed by atoms with van der Waals surface area (Å²) in [7, 11) is 0. The molecule has 0 aromatic carbocycles. The first-order valence-corrected chi connectivity index (χ1v) is 3.37. The Labute approximate surface area is 58.8 Å². The number of rotatable bonds is 0. The number of hydrogen-bond donors (Lipinski definition) is 0. The fourth-order valence-corrected chi connectivity index (χ4v) is 1.15. The Hall–Kier alpha value is -0.900. The second-order valence-electron chi connectivity index (χ2n) is 2.40. The van der Waals surface area contributed by atoms with Crippen molar-refractivity contribution in [3.63, 3.8) is 0 Å². The summed E-state index contributed by atoms with van der Waals surface area (Å²) in [5.74, 6) is 0.936. The lowest BCUT2D eigenvalue weighted by molar-refractivity contribution is 0.0292. The Morgan fingerprint density at radius 3 is 3.50 bits per heavy atom. The third-order valence-electron chi connectivity index (χ3n) is 1.71. The summed E-state index contributed by atoms with van der Waals surface area (Å²) in [6.07, 6.45) is 1.85. The summed E-state index contributed by atoms with van der Waals surface area (Å²) < 4.78 is 7.36. The van der Waals surface area contributed by atoms with Crippen LogP contribution >= 0.6 is 0 Å². The summed E-state index contributed by atoms with van der Waals surface area (Å²) in [5, 5.41) is 7.71. The number of fused-ring (bicyclic) bond motifs is 1. The van der Waals surface area contributed by atoms with Crippen LogP contribution in [0.4, 0.5) is 0 Å². The minimum Gasteiger partial charge on any atom is -0.369 e. The van der Waals surface area contributed by atoms with Gasteiger partial charge in [-0.3, -0.25) is 0 Å². The van der Waals surface area contributed by atoms with Crippen molar-refractivity contribution >= 4 is 0 Å². The molecule has 0 saturated heterocycles. The van der Waals surface area contributed by atoms with Crippen LogP contribution in [0.5, 0.6) is 0 Å². The number of hydrogen-bond acceptors (Lipinski definition) is 3. The third-order valence-corrected chi connectivity index (χ3v) is 1.71. The van der Waals surface area contributed by atoms with E-state index in [1.807, 2.05) is 11.5 Å². The largest absolute Gasteiger partial charge is 0.369 e. The predicted molar refractivity (Wildman–Crippen MR) is 34.4 cm³/mol. The predicted octanol–water partition coefficient (Wildman–Crippen LogP) is 0.369. The standard InChI is InChI=1S/C6H9N3O/c1-5-6-8-7-4-9(6)2-3-10-5/h4-5H,2-3H2,1H3. The zero-order chi connectivity index (χ0) is 6.97. The van der Waals surface area contributed by atoms with E-state index in [-0.39, 0.29) is 6.10 Å². The highest BCUT2D eigenvalue weighted by Crippen LogP contribution is 2.17. The van der Waals surface area contributed by atoms with E-state index in [1.165, 1.54) is 0 Å². The Balaban J connectivity index is 2.41. The summed E-state index contributed by atoms with van der Waals surface area (Å²) in [4.78, 5) is 0. The van der Waals surface area contributed by atoms with E-state index < -0.39 is 0 Å². The van der Waals surface area contributed by atoms with Crippen molar-refractivity contribution in [3.8, 4) is 0 Å². The van der Waals surface area contributed by atoms with Gasteiger partial charge in [-0.25, -0.2) is 0 Å². The van der Waals surface area contributed by atoms with Crippen molar-refractivity contribution in [2.75, 3.05) is 6.61 Å². The van der Waals surface area contributed by atoms with Gasteiger partial charge in [0.15, 0.2) is 5.82 Å². The molecule has 0 saturated carbocycles. The lowest BCUT2D eigenvalue weighted by Crippen LogP contribution is -2.19. The van der Waals surface area contributed by atoms with Crippen molar-refractivity contribution in [1.82, 2.24) is 14.8 Å².